The van der Waals surface area contributed by atoms with Gasteiger partial charge in [0.25, 0.3) is 0 Å². The fourth-order valence-corrected chi connectivity index (χ4v) is 3.07. The molecule has 1 atom stereocenters. The molecule has 1 unspecified atom stereocenters. The average molecular weight is 345 g/mol. The van der Waals surface area contributed by atoms with Crippen LogP contribution in [-0.4, -0.2) is 28.0 Å². The lowest BCUT2D eigenvalue weighted by Gasteiger charge is -2.31. The van der Waals surface area contributed by atoms with Gasteiger partial charge in [0.1, 0.15) is 12.1 Å². The SMILES string of the molecule is CC1CCCN(c2ncnc(NCc3ccc(F)cc3)c2[N+](=O)[O-])C1. The Hall–Kier alpha value is -2.77. The molecule has 1 fully saturated rings. The van der Waals surface area contributed by atoms with Crippen molar-refractivity contribution in [3.8, 4) is 0 Å². The van der Waals surface area contributed by atoms with Crippen molar-refractivity contribution in [2.75, 3.05) is 23.3 Å². The molecule has 1 N–H and O–H groups in total. The minimum Gasteiger partial charge on any atom is -0.360 e. The quantitative estimate of drug-likeness (QED) is 0.661. The molecule has 1 saturated heterocycles. The monoisotopic (exact) mass is 345 g/mol. The van der Waals surface area contributed by atoms with E-state index in [0.29, 0.717) is 18.3 Å². The molecule has 132 valence electrons. The predicted molar refractivity (Wildman–Crippen MR) is 93.0 cm³/mol. The fourth-order valence-electron chi connectivity index (χ4n) is 3.07. The zero-order valence-corrected chi connectivity index (χ0v) is 14.0. The largest absolute Gasteiger partial charge is 0.360 e. The summed E-state index contributed by atoms with van der Waals surface area (Å²) in [7, 11) is 0. The van der Waals surface area contributed by atoms with Gasteiger partial charge < -0.3 is 10.2 Å². The van der Waals surface area contributed by atoms with Crippen LogP contribution in [-0.2, 0) is 6.54 Å². The van der Waals surface area contributed by atoms with Crippen molar-refractivity contribution in [1.29, 1.82) is 0 Å². The number of nitrogens with one attached hydrogen (secondary N) is 1. The summed E-state index contributed by atoms with van der Waals surface area (Å²) in [4.78, 5) is 21.4. The van der Waals surface area contributed by atoms with Gasteiger partial charge >= 0.3 is 5.69 Å². The molecule has 0 amide bonds. The van der Waals surface area contributed by atoms with Crippen LogP contribution in [0.2, 0.25) is 0 Å². The van der Waals surface area contributed by atoms with Crippen LogP contribution in [0.5, 0.6) is 0 Å². The van der Waals surface area contributed by atoms with Gasteiger partial charge in [0.2, 0.25) is 11.6 Å². The Balaban J connectivity index is 1.84. The number of benzene rings is 1. The van der Waals surface area contributed by atoms with E-state index in [1.165, 1.54) is 18.5 Å². The highest BCUT2D eigenvalue weighted by Crippen LogP contribution is 2.34. The smallest absolute Gasteiger partial charge is 0.353 e. The maximum absolute atomic E-state index is 13.0. The van der Waals surface area contributed by atoms with Gasteiger partial charge in [0.15, 0.2) is 0 Å². The third kappa shape index (κ3) is 4.01. The number of hydrogen-bond donors (Lipinski definition) is 1. The van der Waals surface area contributed by atoms with E-state index < -0.39 is 4.92 Å². The lowest BCUT2D eigenvalue weighted by molar-refractivity contribution is -0.383. The summed E-state index contributed by atoms with van der Waals surface area (Å²) in [6.07, 6.45) is 3.44. The van der Waals surface area contributed by atoms with Crippen molar-refractivity contribution in [2.24, 2.45) is 5.92 Å². The van der Waals surface area contributed by atoms with Crippen LogP contribution in [0.3, 0.4) is 0 Å². The molecule has 7 nitrogen and oxygen atoms in total. The van der Waals surface area contributed by atoms with Crippen LogP contribution >= 0.6 is 0 Å². The molecule has 0 radical (unpaired) electrons. The summed E-state index contributed by atoms with van der Waals surface area (Å²) in [5, 5.41) is 14.6. The number of rotatable bonds is 5. The third-order valence-electron chi connectivity index (χ3n) is 4.32. The van der Waals surface area contributed by atoms with Gasteiger partial charge in [-0.2, -0.15) is 0 Å². The van der Waals surface area contributed by atoms with Crippen molar-refractivity contribution < 1.29 is 9.31 Å². The van der Waals surface area contributed by atoms with E-state index in [1.807, 2.05) is 4.90 Å². The van der Waals surface area contributed by atoms with E-state index in [4.69, 9.17) is 0 Å². The van der Waals surface area contributed by atoms with Crippen molar-refractivity contribution in [3.05, 3.63) is 52.1 Å². The first-order chi connectivity index (χ1) is 12.0. The number of nitro groups is 1. The summed E-state index contributed by atoms with van der Waals surface area (Å²) in [5.41, 5.74) is 0.696. The topological polar surface area (TPSA) is 84.2 Å². The van der Waals surface area contributed by atoms with Crippen LogP contribution in [0.1, 0.15) is 25.3 Å². The first-order valence-electron chi connectivity index (χ1n) is 8.27. The molecule has 0 spiro atoms. The van der Waals surface area contributed by atoms with Crippen LogP contribution in [0.4, 0.5) is 21.7 Å². The summed E-state index contributed by atoms with van der Waals surface area (Å²) >= 11 is 0. The fraction of sp³-hybridized carbons (Fsp3) is 0.412. The molecule has 1 aliphatic heterocycles. The Morgan fingerprint density at radius 2 is 2.12 bits per heavy atom. The van der Waals surface area contributed by atoms with Crippen LogP contribution < -0.4 is 10.2 Å². The Kier molecular flexibility index (Phi) is 5.06. The minimum atomic E-state index is -0.443. The summed E-state index contributed by atoms with van der Waals surface area (Å²) in [5.74, 6) is 0.683. The average Bonchev–Trinajstić information content (AvgIpc) is 2.60. The molecule has 0 saturated carbocycles. The number of aromatic nitrogens is 2. The normalized spacial score (nSPS) is 17.4. The Labute approximate surface area is 145 Å². The van der Waals surface area contributed by atoms with Crippen molar-refractivity contribution >= 4 is 17.3 Å². The lowest BCUT2D eigenvalue weighted by atomic mass is 10.0. The van der Waals surface area contributed by atoms with Gasteiger partial charge in [-0.1, -0.05) is 19.1 Å². The first-order valence-corrected chi connectivity index (χ1v) is 8.27. The molecule has 1 aromatic heterocycles. The molecular formula is C17H20FN5O2. The summed E-state index contributed by atoms with van der Waals surface area (Å²) in [6, 6.07) is 5.96. The molecule has 2 heterocycles. The second kappa shape index (κ2) is 7.42. The second-order valence-electron chi connectivity index (χ2n) is 6.33. The van der Waals surface area contributed by atoms with Crippen LogP contribution in [0.15, 0.2) is 30.6 Å². The van der Waals surface area contributed by atoms with Crippen molar-refractivity contribution in [3.63, 3.8) is 0 Å². The first kappa shape index (κ1) is 17.1. The van der Waals surface area contributed by atoms with Gasteiger partial charge in [-0.25, -0.2) is 14.4 Å². The Bertz CT molecular complexity index is 753. The minimum absolute atomic E-state index is 0.112. The van der Waals surface area contributed by atoms with E-state index in [2.05, 4.69) is 22.2 Å². The Morgan fingerprint density at radius 1 is 1.36 bits per heavy atom. The molecule has 1 aliphatic rings. The van der Waals surface area contributed by atoms with Gasteiger partial charge in [-0.05, 0) is 36.5 Å². The second-order valence-corrected chi connectivity index (χ2v) is 6.33. The molecule has 0 aliphatic carbocycles. The zero-order chi connectivity index (χ0) is 17.8. The van der Waals surface area contributed by atoms with Crippen LogP contribution in [0.25, 0.3) is 0 Å². The van der Waals surface area contributed by atoms with E-state index in [0.717, 1.165) is 31.5 Å². The molecule has 0 bridgehead atoms. The third-order valence-corrected chi connectivity index (χ3v) is 4.32. The van der Waals surface area contributed by atoms with Crippen molar-refractivity contribution in [2.45, 2.75) is 26.3 Å². The number of piperidine rings is 1. The highest BCUT2D eigenvalue weighted by atomic mass is 19.1. The highest BCUT2D eigenvalue weighted by molar-refractivity contribution is 5.70. The highest BCUT2D eigenvalue weighted by Gasteiger charge is 2.29. The number of nitrogens with zero attached hydrogens (tertiary/aromatic N) is 4. The van der Waals surface area contributed by atoms with E-state index in [9.17, 15) is 14.5 Å². The molecular weight excluding hydrogens is 325 g/mol. The lowest BCUT2D eigenvalue weighted by Crippen LogP contribution is -2.35. The number of hydrogen-bond acceptors (Lipinski definition) is 6. The molecule has 2 aromatic rings. The van der Waals surface area contributed by atoms with Gasteiger partial charge in [0.05, 0.1) is 4.92 Å². The predicted octanol–water partition coefficient (Wildman–Crippen LogP) is 3.37. The summed E-state index contributed by atoms with van der Waals surface area (Å²) in [6.45, 7) is 3.94. The molecule has 25 heavy (non-hydrogen) atoms. The van der Waals surface area contributed by atoms with E-state index in [1.54, 1.807) is 12.1 Å². The maximum atomic E-state index is 13.0. The zero-order valence-electron chi connectivity index (χ0n) is 14.0. The molecule has 1 aromatic carbocycles. The van der Waals surface area contributed by atoms with Gasteiger partial charge in [-0.15, -0.1) is 0 Å². The van der Waals surface area contributed by atoms with Crippen LogP contribution in [0, 0.1) is 21.8 Å². The van der Waals surface area contributed by atoms with E-state index >= 15 is 0 Å². The molecule has 3 rings (SSSR count). The van der Waals surface area contributed by atoms with Gasteiger partial charge in [-0.3, -0.25) is 10.1 Å². The standard InChI is InChI=1S/C17H20FN5O2/c1-12-3-2-8-22(10-12)17-15(23(24)25)16(20-11-21-17)19-9-13-4-6-14(18)7-5-13/h4-7,11-12H,2-3,8-10H2,1H3,(H,19,20,21). The maximum Gasteiger partial charge on any atom is 0.353 e. The van der Waals surface area contributed by atoms with E-state index in [-0.39, 0.29) is 17.3 Å². The summed E-state index contributed by atoms with van der Waals surface area (Å²) < 4.78 is 13.0. The Morgan fingerprint density at radius 3 is 2.80 bits per heavy atom. The number of halogens is 1. The molecule has 8 heteroatoms. The number of anilines is 2. The van der Waals surface area contributed by atoms with Gasteiger partial charge in [0, 0.05) is 19.6 Å². The van der Waals surface area contributed by atoms with Crippen molar-refractivity contribution in [1.82, 2.24) is 9.97 Å².